The van der Waals surface area contributed by atoms with Crippen LogP contribution >= 0.6 is 0 Å². The van der Waals surface area contributed by atoms with Crippen LogP contribution in [0.25, 0.3) is 11.0 Å². The summed E-state index contributed by atoms with van der Waals surface area (Å²) >= 11 is 0. The average Bonchev–Trinajstić information content (AvgIpc) is 3.10. The van der Waals surface area contributed by atoms with E-state index in [1.807, 2.05) is 65.2 Å². The molecule has 0 radical (unpaired) electrons. The van der Waals surface area contributed by atoms with Crippen molar-refractivity contribution in [3.8, 4) is 11.5 Å². The lowest BCUT2D eigenvalue weighted by Crippen LogP contribution is -2.32. The summed E-state index contributed by atoms with van der Waals surface area (Å²) in [6, 6.07) is 10.6. The van der Waals surface area contributed by atoms with Crippen molar-refractivity contribution in [2.24, 2.45) is 0 Å². The van der Waals surface area contributed by atoms with E-state index in [0.717, 1.165) is 30.5 Å². The van der Waals surface area contributed by atoms with Crippen LogP contribution in [0.5, 0.6) is 11.5 Å². The molecule has 1 aliphatic rings. The zero-order valence-electron chi connectivity index (χ0n) is 21.2. The molecule has 0 saturated heterocycles. The van der Waals surface area contributed by atoms with Crippen molar-refractivity contribution in [3.05, 3.63) is 69.1 Å². The number of hydrogen-bond acceptors (Lipinski definition) is 6. The van der Waals surface area contributed by atoms with Crippen LogP contribution in [0.15, 0.2) is 45.6 Å². The van der Waals surface area contributed by atoms with Gasteiger partial charge in [0, 0.05) is 6.54 Å². The smallest absolute Gasteiger partial charge is 0.290 e. The number of rotatable bonds is 10. The monoisotopic (exact) mass is 478 g/mol. The second-order valence-electron chi connectivity index (χ2n) is 9.22. The molecule has 0 spiro atoms. The lowest BCUT2D eigenvalue weighted by Gasteiger charge is -2.26. The molecule has 0 saturated carbocycles. The molecule has 1 unspecified atom stereocenters. The third-order valence-electron chi connectivity index (χ3n) is 6.17. The van der Waals surface area contributed by atoms with Gasteiger partial charge in [0.25, 0.3) is 5.91 Å². The van der Waals surface area contributed by atoms with E-state index in [1.165, 1.54) is 0 Å². The van der Waals surface area contributed by atoms with Crippen molar-refractivity contribution in [1.29, 1.82) is 0 Å². The van der Waals surface area contributed by atoms with Gasteiger partial charge in [0.15, 0.2) is 16.9 Å². The quantitative estimate of drug-likeness (QED) is 0.417. The molecule has 4 rings (SSSR count). The van der Waals surface area contributed by atoms with Gasteiger partial charge >= 0.3 is 0 Å². The Hall–Kier alpha value is -3.32. The molecule has 2 heterocycles. The minimum absolute atomic E-state index is 0.130. The minimum Gasteiger partial charge on any atom is -0.490 e. The normalized spacial score (nSPS) is 15.2. The van der Waals surface area contributed by atoms with E-state index in [2.05, 4.69) is 4.90 Å². The summed E-state index contributed by atoms with van der Waals surface area (Å²) in [6.45, 7) is 8.28. The fourth-order valence-corrected chi connectivity index (χ4v) is 4.56. The Labute approximate surface area is 206 Å². The summed E-state index contributed by atoms with van der Waals surface area (Å²) in [6.07, 6.45) is 1.65. The van der Waals surface area contributed by atoms with Gasteiger partial charge in [-0.15, -0.1) is 0 Å². The standard InChI is InChI=1S/C28H34N2O5/c1-6-15-34-22-12-10-19(17-23(22)33-7-2)25-24-26(31)20-16-18(3)9-11-21(20)35-27(24)28(32)30(25)14-8-13-29(4)5/h9-12,16-17,25H,6-8,13-15H2,1-5H3. The first-order chi connectivity index (χ1) is 16.8. The van der Waals surface area contributed by atoms with Gasteiger partial charge in [-0.2, -0.15) is 0 Å². The van der Waals surface area contributed by atoms with Crippen LogP contribution in [0, 0.1) is 6.92 Å². The molecule has 0 aliphatic carbocycles. The molecule has 35 heavy (non-hydrogen) atoms. The molecule has 7 nitrogen and oxygen atoms in total. The van der Waals surface area contributed by atoms with E-state index in [0.29, 0.717) is 47.8 Å². The summed E-state index contributed by atoms with van der Waals surface area (Å²) in [4.78, 5) is 31.1. The van der Waals surface area contributed by atoms with Gasteiger partial charge in [0.2, 0.25) is 5.76 Å². The average molecular weight is 479 g/mol. The summed E-state index contributed by atoms with van der Waals surface area (Å²) in [5.41, 5.74) is 2.42. The molecule has 2 aromatic carbocycles. The van der Waals surface area contributed by atoms with Gasteiger partial charge in [-0.25, -0.2) is 0 Å². The van der Waals surface area contributed by atoms with Crippen molar-refractivity contribution in [1.82, 2.24) is 9.80 Å². The maximum Gasteiger partial charge on any atom is 0.290 e. The van der Waals surface area contributed by atoms with Crippen molar-refractivity contribution in [3.63, 3.8) is 0 Å². The van der Waals surface area contributed by atoms with Crippen molar-refractivity contribution in [2.45, 2.75) is 39.7 Å². The number of amides is 1. The zero-order chi connectivity index (χ0) is 25.1. The Kier molecular flexibility index (Phi) is 7.45. The second-order valence-corrected chi connectivity index (χ2v) is 9.22. The van der Waals surface area contributed by atoms with E-state index >= 15 is 0 Å². The number of aryl methyl sites for hydroxylation is 1. The lowest BCUT2D eigenvalue weighted by atomic mass is 9.97. The number of carbonyl (C=O) groups excluding carboxylic acids is 1. The Morgan fingerprint density at radius 3 is 2.54 bits per heavy atom. The number of nitrogens with zero attached hydrogens (tertiary/aromatic N) is 2. The molecular formula is C28H34N2O5. The van der Waals surface area contributed by atoms with Crippen LogP contribution < -0.4 is 14.9 Å². The summed E-state index contributed by atoms with van der Waals surface area (Å²) < 4.78 is 17.8. The first-order valence-corrected chi connectivity index (χ1v) is 12.3. The van der Waals surface area contributed by atoms with Crippen molar-refractivity contribution < 1.29 is 18.7 Å². The zero-order valence-corrected chi connectivity index (χ0v) is 21.2. The van der Waals surface area contributed by atoms with Gasteiger partial charge < -0.3 is 23.7 Å². The van der Waals surface area contributed by atoms with Crippen molar-refractivity contribution >= 4 is 16.9 Å². The minimum atomic E-state index is -0.555. The maximum absolute atomic E-state index is 13.7. The van der Waals surface area contributed by atoms with Gasteiger partial charge in [-0.3, -0.25) is 9.59 Å². The van der Waals surface area contributed by atoms with Gasteiger partial charge in [0.1, 0.15) is 5.58 Å². The Morgan fingerprint density at radius 1 is 1.03 bits per heavy atom. The third-order valence-corrected chi connectivity index (χ3v) is 6.17. The number of benzene rings is 2. The van der Waals surface area contributed by atoms with Gasteiger partial charge in [-0.1, -0.05) is 24.6 Å². The first kappa shape index (κ1) is 24.8. The van der Waals surface area contributed by atoms with E-state index < -0.39 is 6.04 Å². The van der Waals surface area contributed by atoms with Gasteiger partial charge in [-0.05, 0) is 77.2 Å². The maximum atomic E-state index is 13.7. The Bertz CT molecular complexity index is 1280. The highest BCUT2D eigenvalue weighted by Gasteiger charge is 2.42. The molecule has 7 heteroatoms. The number of hydrogen-bond donors (Lipinski definition) is 0. The fourth-order valence-electron chi connectivity index (χ4n) is 4.56. The SMILES string of the molecule is CCCOc1ccc(C2c3c(oc4ccc(C)cc4c3=O)C(=O)N2CCCN(C)C)cc1OCC. The van der Waals surface area contributed by atoms with Crippen molar-refractivity contribution in [2.75, 3.05) is 40.4 Å². The summed E-state index contributed by atoms with van der Waals surface area (Å²) in [5.74, 6) is 1.13. The molecule has 186 valence electrons. The third kappa shape index (κ3) is 4.91. The second kappa shape index (κ2) is 10.5. The van der Waals surface area contributed by atoms with E-state index in [-0.39, 0.29) is 17.1 Å². The molecular weight excluding hydrogens is 444 g/mol. The highest BCUT2D eigenvalue weighted by molar-refractivity contribution is 5.99. The Morgan fingerprint density at radius 2 is 1.83 bits per heavy atom. The predicted molar refractivity (Wildman–Crippen MR) is 137 cm³/mol. The number of ether oxygens (including phenoxy) is 2. The summed E-state index contributed by atoms with van der Waals surface area (Å²) in [7, 11) is 4.00. The fraction of sp³-hybridized carbons (Fsp3) is 0.429. The molecule has 0 N–H and O–H groups in total. The largest absolute Gasteiger partial charge is 0.490 e. The number of carbonyl (C=O) groups is 1. The molecule has 1 aliphatic heterocycles. The molecule has 0 bridgehead atoms. The molecule has 1 atom stereocenters. The topological polar surface area (TPSA) is 72.2 Å². The van der Waals surface area contributed by atoms with Crippen LogP contribution in [0.1, 0.15) is 60.0 Å². The van der Waals surface area contributed by atoms with E-state index in [1.54, 1.807) is 11.0 Å². The lowest BCUT2D eigenvalue weighted by molar-refractivity contribution is 0.0722. The highest BCUT2D eigenvalue weighted by Crippen LogP contribution is 2.41. The van der Waals surface area contributed by atoms with Crippen LogP contribution in [-0.4, -0.2) is 56.1 Å². The van der Waals surface area contributed by atoms with Crippen LogP contribution in [0.2, 0.25) is 0 Å². The van der Waals surface area contributed by atoms with Gasteiger partial charge in [0.05, 0.1) is 30.2 Å². The van der Waals surface area contributed by atoms with E-state index in [4.69, 9.17) is 13.9 Å². The Balaban J connectivity index is 1.86. The highest BCUT2D eigenvalue weighted by atomic mass is 16.5. The molecule has 0 fully saturated rings. The van der Waals surface area contributed by atoms with E-state index in [9.17, 15) is 9.59 Å². The van der Waals surface area contributed by atoms with Crippen LogP contribution in [0.4, 0.5) is 0 Å². The number of fused-ring (bicyclic) bond motifs is 2. The van der Waals surface area contributed by atoms with Crippen LogP contribution in [-0.2, 0) is 0 Å². The molecule has 1 amide bonds. The summed E-state index contributed by atoms with van der Waals surface area (Å²) in [5, 5.41) is 0.490. The predicted octanol–water partition coefficient (Wildman–Crippen LogP) is 4.79. The van der Waals surface area contributed by atoms with Crippen LogP contribution in [0.3, 0.4) is 0 Å². The molecule has 1 aromatic heterocycles. The molecule has 3 aromatic rings. The first-order valence-electron chi connectivity index (χ1n) is 12.3.